The highest BCUT2D eigenvalue weighted by Gasteiger charge is 2.40. The maximum atomic E-state index is 12.0. The summed E-state index contributed by atoms with van der Waals surface area (Å²) in [6.07, 6.45) is -0.181. The second kappa shape index (κ2) is 5.46. The first kappa shape index (κ1) is 13.9. The van der Waals surface area contributed by atoms with Crippen LogP contribution in [0.2, 0.25) is 0 Å². The molecule has 0 radical (unpaired) electrons. The number of β-amino-alcohol motifs (C(OH)–C–C–N with tert-alkyl or cyclic N) is 1. The third kappa shape index (κ3) is 3.41. The molecule has 17 heavy (non-hydrogen) atoms. The number of carbonyl (C=O) groups is 2. The Balaban J connectivity index is 2.70. The van der Waals surface area contributed by atoms with Crippen molar-refractivity contribution in [3.63, 3.8) is 0 Å². The first-order valence-corrected chi connectivity index (χ1v) is 5.79. The maximum absolute atomic E-state index is 12.0. The van der Waals surface area contributed by atoms with Crippen molar-refractivity contribution in [2.24, 2.45) is 11.7 Å². The van der Waals surface area contributed by atoms with E-state index in [0.29, 0.717) is 6.42 Å². The van der Waals surface area contributed by atoms with E-state index in [9.17, 15) is 14.7 Å². The molecule has 2 unspecified atom stereocenters. The fraction of sp³-hybridized carbons (Fsp3) is 0.818. The molecule has 0 aromatic carbocycles. The van der Waals surface area contributed by atoms with Crippen LogP contribution >= 0.6 is 0 Å². The Morgan fingerprint density at radius 3 is 2.53 bits per heavy atom. The van der Waals surface area contributed by atoms with Crippen molar-refractivity contribution in [3.8, 4) is 0 Å². The van der Waals surface area contributed by atoms with E-state index in [0.717, 1.165) is 0 Å². The van der Waals surface area contributed by atoms with Gasteiger partial charge in [0.1, 0.15) is 6.04 Å². The highest BCUT2D eigenvalue weighted by molar-refractivity contribution is 5.87. The quantitative estimate of drug-likeness (QED) is 0.613. The van der Waals surface area contributed by atoms with Crippen molar-refractivity contribution < 1.29 is 19.8 Å². The molecule has 1 rings (SSSR count). The molecule has 4 N–H and O–H groups in total. The first-order chi connectivity index (χ1) is 7.82. The van der Waals surface area contributed by atoms with Gasteiger partial charge in [0.05, 0.1) is 12.1 Å². The minimum atomic E-state index is -1.09. The van der Waals surface area contributed by atoms with Gasteiger partial charge in [-0.1, -0.05) is 13.8 Å². The number of carbonyl (C=O) groups excluding carboxylic acids is 1. The van der Waals surface area contributed by atoms with Crippen LogP contribution in [0.5, 0.6) is 0 Å². The topological polar surface area (TPSA) is 104 Å². The zero-order valence-corrected chi connectivity index (χ0v) is 10.2. The van der Waals surface area contributed by atoms with E-state index in [1.165, 1.54) is 4.90 Å². The number of hydrogen-bond donors (Lipinski definition) is 3. The van der Waals surface area contributed by atoms with Gasteiger partial charge in [0.15, 0.2) is 0 Å². The number of aliphatic hydroxyl groups is 1. The van der Waals surface area contributed by atoms with E-state index in [-0.39, 0.29) is 24.8 Å². The van der Waals surface area contributed by atoms with E-state index in [4.69, 9.17) is 10.8 Å². The summed E-state index contributed by atoms with van der Waals surface area (Å²) in [6, 6.07) is -1.64. The van der Waals surface area contributed by atoms with Crippen molar-refractivity contribution >= 4 is 11.9 Å². The number of aliphatic hydroxyl groups excluding tert-OH is 1. The molecule has 0 saturated carbocycles. The van der Waals surface area contributed by atoms with Gasteiger partial charge in [-0.05, 0) is 12.3 Å². The lowest BCUT2D eigenvalue weighted by Crippen LogP contribution is -2.49. The molecule has 0 aromatic rings. The molecule has 1 saturated heterocycles. The van der Waals surface area contributed by atoms with Gasteiger partial charge in [0, 0.05) is 13.0 Å². The molecule has 0 aromatic heterocycles. The molecule has 0 spiro atoms. The summed E-state index contributed by atoms with van der Waals surface area (Å²) in [6.45, 7) is 3.95. The van der Waals surface area contributed by atoms with Gasteiger partial charge in [-0.3, -0.25) is 4.79 Å². The van der Waals surface area contributed by atoms with E-state index >= 15 is 0 Å². The van der Waals surface area contributed by atoms with Crippen molar-refractivity contribution in [1.82, 2.24) is 4.90 Å². The Labute approximate surface area is 100 Å². The summed E-state index contributed by atoms with van der Waals surface area (Å²) in [5.74, 6) is -1.21. The average Bonchev–Trinajstić information content (AvgIpc) is 2.58. The van der Waals surface area contributed by atoms with Gasteiger partial charge in [-0.25, -0.2) is 4.79 Å². The summed E-state index contributed by atoms with van der Waals surface area (Å²) >= 11 is 0. The summed E-state index contributed by atoms with van der Waals surface area (Å²) in [5.41, 5.74) is 5.74. The standard InChI is InChI=1S/C11H20N2O4/c1-6(2)3-8(12)10(15)13-5-7(14)4-9(13)11(16)17/h6-9,14H,3-5,12H2,1-2H3,(H,16,17)/t7?,8?,9-/m0/s1. The predicted molar refractivity (Wildman–Crippen MR) is 61.2 cm³/mol. The number of nitrogens with two attached hydrogens (primary N) is 1. The number of rotatable bonds is 4. The highest BCUT2D eigenvalue weighted by atomic mass is 16.4. The van der Waals surface area contributed by atoms with Gasteiger partial charge in [-0.2, -0.15) is 0 Å². The number of aliphatic carboxylic acids is 1. The minimum absolute atomic E-state index is 0.0571. The lowest BCUT2D eigenvalue weighted by Gasteiger charge is -2.25. The maximum Gasteiger partial charge on any atom is 0.326 e. The third-order valence-electron chi connectivity index (χ3n) is 2.89. The van der Waals surface area contributed by atoms with Gasteiger partial charge in [-0.15, -0.1) is 0 Å². The second-order valence-corrected chi connectivity index (χ2v) is 4.97. The number of carboxylic acid groups (broad SMARTS) is 1. The fourth-order valence-corrected chi connectivity index (χ4v) is 2.11. The van der Waals surface area contributed by atoms with E-state index in [1.54, 1.807) is 0 Å². The van der Waals surface area contributed by atoms with Crippen LogP contribution in [0.3, 0.4) is 0 Å². The lowest BCUT2D eigenvalue weighted by atomic mass is 10.0. The van der Waals surface area contributed by atoms with Gasteiger partial charge < -0.3 is 20.8 Å². The smallest absolute Gasteiger partial charge is 0.326 e. The molecule has 1 aliphatic rings. The van der Waals surface area contributed by atoms with E-state index in [2.05, 4.69) is 0 Å². The molecular formula is C11H20N2O4. The van der Waals surface area contributed by atoms with Crippen molar-refractivity contribution in [2.75, 3.05) is 6.54 Å². The normalized spacial score (nSPS) is 26.3. The summed E-state index contributed by atoms with van der Waals surface area (Å²) in [7, 11) is 0. The van der Waals surface area contributed by atoms with Crippen LogP contribution in [0.1, 0.15) is 26.7 Å². The van der Waals surface area contributed by atoms with Crippen LogP contribution in [-0.4, -0.2) is 51.7 Å². The monoisotopic (exact) mass is 244 g/mol. The largest absolute Gasteiger partial charge is 0.480 e. The summed E-state index contributed by atoms with van der Waals surface area (Å²) < 4.78 is 0. The second-order valence-electron chi connectivity index (χ2n) is 4.97. The lowest BCUT2D eigenvalue weighted by molar-refractivity contribution is -0.148. The summed E-state index contributed by atoms with van der Waals surface area (Å²) in [5, 5.41) is 18.4. The van der Waals surface area contributed by atoms with E-state index < -0.39 is 24.2 Å². The van der Waals surface area contributed by atoms with Gasteiger partial charge in [0.25, 0.3) is 0 Å². The fourth-order valence-electron chi connectivity index (χ4n) is 2.11. The van der Waals surface area contributed by atoms with Crippen LogP contribution in [0.25, 0.3) is 0 Å². The molecule has 6 heteroatoms. The Hall–Kier alpha value is -1.14. The third-order valence-corrected chi connectivity index (χ3v) is 2.89. The molecule has 98 valence electrons. The van der Waals surface area contributed by atoms with E-state index in [1.807, 2.05) is 13.8 Å². The molecular weight excluding hydrogens is 224 g/mol. The van der Waals surface area contributed by atoms with Crippen LogP contribution in [-0.2, 0) is 9.59 Å². The molecule has 0 aliphatic carbocycles. The van der Waals surface area contributed by atoms with Crippen molar-refractivity contribution in [2.45, 2.75) is 44.9 Å². The zero-order chi connectivity index (χ0) is 13.2. The average molecular weight is 244 g/mol. The van der Waals surface area contributed by atoms with Gasteiger partial charge in [0.2, 0.25) is 5.91 Å². The molecule has 1 aliphatic heterocycles. The van der Waals surface area contributed by atoms with Gasteiger partial charge >= 0.3 is 5.97 Å². The first-order valence-electron chi connectivity index (χ1n) is 5.79. The van der Waals surface area contributed by atoms with Crippen molar-refractivity contribution in [1.29, 1.82) is 0 Å². The zero-order valence-electron chi connectivity index (χ0n) is 10.2. The SMILES string of the molecule is CC(C)CC(N)C(=O)N1CC(O)C[C@H]1C(=O)O. The molecule has 6 nitrogen and oxygen atoms in total. The Kier molecular flexibility index (Phi) is 4.47. The predicted octanol–water partition coefficient (Wildman–Crippen LogP) is -0.594. The molecule has 1 amide bonds. The Morgan fingerprint density at radius 1 is 1.47 bits per heavy atom. The van der Waals surface area contributed by atoms with Crippen LogP contribution in [0.4, 0.5) is 0 Å². The minimum Gasteiger partial charge on any atom is -0.480 e. The molecule has 3 atom stereocenters. The number of nitrogens with zero attached hydrogens (tertiary/aromatic N) is 1. The van der Waals surface area contributed by atoms with Crippen LogP contribution in [0.15, 0.2) is 0 Å². The Bertz CT molecular complexity index is 306. The molecule has 0 bridgehead atoms. The number of likely N-dealkylation sites (tertiary alicyclic amines) is 1. The summed E-state index contributed by atoms with van der Waals surface area (Å²) in [4.78, 5) is 24.1. The number of amides is 1. The van der Waals surface area contributed by atoms with Crippen LogP contribution in [0, 0.1) is 5.92 Å². The number of carboxylic acids is 1. The van der Waals surface area contributed by atoms with Crippen molar-refractivity contribution in [3.05, 3.63) is 0 Å². The highest BCUT2D eigenvalue weighted by Crippen LogP contribution is 2.20. The number of hydrogen-bond acceptors (Lipinski definition) is 4. The van der Waals surface area contributed by atoms with Crippen LogP contribution < -0.4 is 5.73 Å². The molecule has 1 heterocycles. The molecule has 1 fully saturated rings. The Morgan fingerprint density at radius 2 is 2.06 bits per heavy atom.